The van der Waals surface area contributed by atoms with Crippen molar-refractivity contribution in [2.24, 2.45) is 0 Å². The summed E-state index contributed by atoms with van der Waals surface area (Å²) in [4.78, 5) is 28.6. The molecular weight excluding hydrogens is 430 g/mol. The Morgan fingerprint density at radius 2 is 1.67 bits per heavy atom. The molecule has 2 amide bonds. The molecule has 0 radical (unpaired) electrons. The van der Waals surface area contributed by atoms with Gasteiger partial charge in [0, 0.05) is 20.0 Å². The van der Waals surface area contributed by atoms with E-state index in [0.29, 0.717) is 18.7 Å². The summed E-state index contributed by atoms with van der Waals surface area (Å²) in [6, 6.07) is 14.9. The molecule has 1 fully saturated rings. The average molecular weight is 461 g/mol. The molecule has 2 aromatic rings. The summed E-state index contributed by atoms with van der Waals surface area (Å²) in [6.45, 7) is 5.73. The van der Waals surface area contributed by atoms with E-state index in [1.165, 1.54) is 4.90 Å². The van der Waals surface area contributed by atoms with Crippen LogP contribution in [0.5, 0.6) is 11.5 Å². The third-order valence-corrected chi connectivity index (χ3v) is 5.05. The van der Waals surface area contributed by atoms with Gasteiger partial charge in [-0.15, -0.1) is 0 Å². The van der Waals surface area contributed by atoms with Gasteiger partial charge in [-0.3, -0.25) is 4.79 Å². The van der Waals surface area contributed by atoms with Crippen LogP contribution in [0.3, 0.4) is 0 Å². The number of carbonyl (C=O) groups excluding carboxylic acids is 2. The first-order valence-corrected chi connectivity index (χ1v) is 10.9. The summed E-state index contributed by atoms with van der Waals surface area (Å²) >= 11 is 0. The number of para-hydroxylation sites is 2. The molecule has 1 aliphatic heterocycles. The van der Waals surface area contributed by atoms with Gasteiger partial charge in [0.1, 0.15) is 17.1 Å². The molecule has 0 aliphatic carbocycles. The van der Waals surface area contributed by atoms with E-state index in [1.807, 2.05) is 6.07 Å². The summed E-state index contributed by atoms with van der Waals surface area (Å²) in [7, 11) is 0. The van der Waals surface area contributed by atoms with E-state index < -0.39 is 36.1 Å². The molecule has 1 saturated heterocycles. The van der Waals surface area contributed by atoms with E-state index in [-0.39, 0.29) is 17.9 Å². The number of alkyl halides is 2. The van der Waals surface area contributed by atoms with E-state index in [0.717, 1.165) is 11.8 Å². The highest BCUT2D eigenvalue weighted by molar-refractivity contribution is 5.97. The minimum absolute atomic E-state index is 0.123. The molecule has 3 rings (SSSR count). The Kier molecular flexibility index (Phi) is 7.25. The van der Waals surface area contributed by atoms with Crippen molar-refractivity contribution in [1.82, 2.24) is 9.80 Å². The Bertz CT molecular complexity index is 970. The lowest BCUT2D eigenvalue weighted by molar-refractivity contribution is -0.0200. The van der Waals surface area contributed by atoms with Crippen LogP contribution in [0.25, 0.3) is 0 Å². The van der Waals surface area contributed by atoms with Gasteiger partial charge in [0.25, 0.3) is 11.8 Å². The highest BCUT2D eigenvalue weighted by Crippen LogP contribution is 2.30. The summed E-state index contributed by atoms with van der Waals surface area (Å²) in [6.07, 6.45) is -0.142. The van der Waals surface area contributed by atoms with E-state index in [9.17, 15) is 18.4 Å². The molecule has 1 atom stereocenters. The minimum Gasteiger partial charge on any atom is -0.457 e. The maximum Gasteiger partial charge on any atom is 0.410 e. The van der Waals surface area contributed by atoms with Crippen LogP contribution >= 0.6 is 0 Å². The molecule has 0 aromatic heterocycles. The van der Waals surface area contributed by atoms with Gasteiger partial charge in [0.2, 0.25) is 0 Å². The Balaban J connectivity index is 1.84. The minimum atomic E-state index is -3.11. The molecule has 1 aliphatic rings. The molecule has 1 heterocycles. The van der Waals surface area contributed by atoms with E-state index in [4.69, 9.17) is 9.47 Å². The zero-order valence-electron chi connectivity index (χ0n) is 19.4. The Labute approximate surface area is 193 Å². The monoisotopic (exact) mass is 460 g/mol. The van der Waals surface area contributed by atoms with Gasteiger partial charge in [-0.2, -0.15) is 0 Å². The Morgan fingerprint density at radius 3 is 2.30 bits per heavy atom. The number of rotatable bonds is 6. The van der Waals surface area contributed by atoms with Gasteiger partial charge < -0.3 is 19.3 Å². The number of carbonyl (C=O) groups is 2. The number of likely N-dealkylation sites (tertiary alicyclic amines) is 1. The van der Waals surface area contributed by atoms with Gasteiger partial charge in [0.15, 0.2) is 0 Å². The van der Waals surface area contributed by atoms with Crippen molar-refractivity contribution in [2.75, 3.05) is 19.6 Å². The molecule has 178 valence electrons. The third kappa shape index (κ3) is 6.91. The fourth-order valence-electron chi connectivity index (χ4n) is 3.66. The smallest absolute Gasteiger partial charge is 0.410 e. The van der Waals surface area contributed by atoms with Crippen LogP contribution in [-0.4, -0.2) is 59.0 Å². The maximum atomic E-state index is 14.1. The summed E-state index contributed by atoms with van der Waals surface area (Å²) in [5.41, 5.74) is -0.490. The summed E-state index contributed by atoms with van der Waals surface area (Å²) in [5.74, 6) is -2.87. The standard InChI is InChI=1S/C25H30F2N2O4/c1-24(2,3)33-23(31)28-15-14-18(16-28)29(17-25(4,26)27)22(30)20-12-8-9-13-21(20)32-19-10-6-5-7-11-19/h5-13,18H,14-17H2,1-4H3/t18-/m0/s1. The number of halogens is 2. The number of benzene rings is 2. The highest BCUT2D eigenvalue weighted by Gasteiger charge is 2.39. The van der Waals surface area contributed by atoms with E-state index in [2.05, 4.69) is 0 Å². The van der Waals surface area contributed by atoms with Crippen LogP contribution in [0.1, 0.15) is 44.5 Å². The van der Waals surface area contributed by atoms with Crippen molar-refractivity contribution >= 4 is 12.0 Å². The first kappa shape index (κ1) is 24.5. The van der Waals surface area contributed by atoms with Crippen molar-refractivity contribution in [2.45, 2.75) is 51.7 Å². The lowest BCUT2D eigenvalue weighted by Crippen LogP contribution is -2.48. The quantitative estimate of drug-likeness (QED) is 0.564. The lowest BCUT2D eigenvalue weighted by Gasteiger charge is -2.32. The number of ether oxygens (including phenoxy) is 2. The van der Waals surface area contributed by atoms with Crippen LogP contribution in [-0.2, 0) is 4.74 Å². The number of amides is 2. The summed E-state index contributed by atoms with van der Waals surface area (Å²) in [5, 5.41) is 0. The normalized spacial score (nSPS) is 16.4. The molecule has 0 spiro atoms. The predicted molar refractivity (Wildman–Crippen MR) is 121 cm³/mol. The lowest BCUT2D eigenvalue weighted by atomic mass is 10.1. The number of hydrogen-bond acceptors (Lipinski definition) is 4. The maximum absolute atomic E-state index is 14.1. The van der Waals surface area contributed by atoms with E-state index in [1.54, 1.807) is 69.3 Å². The second kappa shape index (κ2) is 9.77. The van der Waals surface area contributed by atoms with Crippen molar-refractivity contribution < 1.29 is 27.8 Å². The van der Waals surface area contributed by atoms with Crippen LogP contribution in [0.4, 0.5) is 13.6 Å². The van der Waals surface area contributed by atoms with Gasteiger partial charge in [-0.05, 0) is 51.5 Å². The molecule has 0 N–H and O–H groups in total. The van der Waals surface area contributed by atoms with Gasteiger partial charge >= 0.3 is 6.09 Å². The fraction of sp³-hybridized carbons (Fsp3) is 0.440. The number of hydrogen-bond donors (Lipinski definition) is 0. The van der Waals surface area contributed by atoms with Crippen LogP contribution in [0.2, 0.25) is 0 Å². The molecule has 0 bridgehead atoms. The summed E-state index contributed by atoms with van der Waals surface area (Å²) < 4.78 is 39.5. The zero-order chi connectivity index (χ0) is 24.2. The fourth-order valence-corrected chi connectivity index (χ4v) is 3.66. The zero-order valence-corrected chi connectivity index (χ0v) is 19.4. The van der Waals surface area contributed by atoms with Crippen molar-refractivity contribution in [1.29, 1.82) is 0 Å². The Hall–Kier alpha value is -3.16. The van der Waals surface area contributed by atoms with Gasteiger partial charge in [-0.25, -0.2) is 13.6 Å². The Morgan fingerprint density at radius 1 is 1.03 bits per heavy atom. The van der Waals surface area contributed by atoms with Crippen molar-refractivity contribution in [3.63, 3.8) is 0 Å². The first-order valence-electron chi connectivity index (χ1n) is 10.9. The van der Waals surface area contributed by atoms with Crippen LogP contribution in [0.15, 0.2) is 54.6 Å². The molecule has 8 heteroatoms. The van der Waals surface area contributed by atoms with Crippen LogP contribution in [0, 0.1) is 0 Å². The molecular formula is C25H30F2N2O4. The second-order valence-electron chi connectivity index (χ2n) is 9.28. The molecule has 33 heavy (non-hydrogen) atoms. The first-order chi connectivity index (χ1) is 15.4. The van der Waals surface area contributed by atoms with Gasteiger partial charge in [0.05, 0.1) is 18.2 Å². The largest absolute Gasteiger partial charge is 0.457 e. The van der Waals surface area contributed by atoms with E-state index >= 15 is 0 Å². The second-order valence-corrected chi connectivity index (χ2v) is 9.28. The molecule has 6 nitrogen and oxygen atoms in total. The molecule has 0 saturated carbocycles. The van der Waals surface area contributed by atoms with Crippen LogP contribution < -0.4 is 4.74 Å². The highest BCUT2D eigenvalue weighted by atomic mass is 19.3. The van der Waals surface area contributed by atoms with Crippen molar-refractivity contribution in [3.8, 4) is 11.5 Å². The molecule has 0 unspecified atom stereocenters. The van der Waals surface area contributed by atoms with Crippen molar-refractivity contribution in [3.05, 3.63) is 60.2 Å². The van der Waals surface area contributed by atoms with Gasteiger partial charge in [-0.1, -0.05) is 30.3 Å². The third-order valence-electron chi connectivity index (χ3n) is 5.05. The molecule has 2 aromatic carbocycles. The predicted octanol–water partition coefficient (Wildman–Crippen LogP) is 5.59. The topological polar surface area (TPSA) is 59.1 Å². The average Bonchev–Trinajstić information content (AvgIpc) is 3.21. The number of nitrogens with zero attached hydrogens (tertiary/aromatic N) is 2. The SMILES string of the molecule is CC(F)(F)CN(C(=O)c1ccccc1Oc1ccccc1)[C@H]1CCN(C(=O)OC(C)(C)C)C1.